The van der Waals surface area contributed by atoms with Gasteiger partial charge in [-0.25, -0.2) is 0 Å². The number of carbonyl (C=O) groups is 2. The van der Waals surface area contributed by atoms with Gasteiger partial charge in [-0.05, 0) is 47.9 Å². The Morgan fingerprint density at radius 2 is 1.72 bits per heavy atom. The van der Waals surface area contributed by atoms with Gasteiger partial charge in [0.05, 0.1) is 12.8 Å². The van der Waals surface area contributed by atoms with Gasteiger partial charge < -0.3 is 14.8 Å². The molecule has 0 saturated heterocycles. The smallest absolute Gasteiger partial charge is 0.294 e. The fourth-order valence-corrected chi connectivity index (χ4v) is 3.46. The number of benzene rings is 3. The molecule has 1 heterocycles. The summed E-state index contributed by atoms with van der Waals surface area (Å²) in [5.41, 5.74) is 2.51. The second-order valence-electron chi connectivity index (χ2n) is 7.33. The summed E-state index contributed by atoms with van der Waals surface area (Å²) in [6, 6.07) is 24.4. The highest BCUT2D eigenvalue weighted by molar-refractivity contribution is 6.12. The quantitative estimate of drug-likeness (QED) is 0.581. The predicted molar refractivity (Wildman–Crippen MR) is 124 cm³/mol. The summed E-state index contributed by atoms with van der Waals surface area (Å²) < 4.78 is 11.0. The van der Waals surface area contributed by atoms with Crippen LogP contribution >= 0.6 is 0 Å². The van der Waals surface area contributed by atoms with E-state index in [9.17, 15) is 9.59 Å². The van der Waals surface area contributed by atoms with Crippen molar-refractivity contribution in [3.05, 3.63) is 95.7 Å². The molecule has 0 fully saturated rings. The minimum Gasteiger partial charge on any atom is -0.497 e. The molecule has 0 bridgehead atoms. The number of nitrogens with zero attached hydrogens (tertiary/aromatic N) is 1. The van der Waals surface area contributed by atoms with E-state index in [1.54, 1.807) is 25.3 Å². The first-order valence-corrected chi connectivity index (χ1v) is 10.4. The zero-order valence-electron chi connectivity index (χ0n) is 17.8. The lowest BCUT2D eigenvalue weighted by Gasteiger charge is -2.30. The Bertz CT molecular complexity index is 1120. The van der Waals surface area contributed by atoms with Gasteiger partial charge in [0.1, 0.15) is 12.3 Å². The average Bonchev–Trinajstić information content (AvgIpc) is 2.83. The molecule has 32 heavy (non-hydrogen) atoms. The fourth-order valence-electron chi connectivity index (χ4n) is 3.46. The van der Waals surface area contributed by atoms with Gasteiger partial charge in [-0.1, -0.05) is 54.6 Å². The number of carbonyl (C=O) groups excluding carboxylic acids is 2. The van der Waals surface area contributed by atoms with Crippen molar-refractivity contribution < 1.29 is 19.1 Å². The van der Waals surface area contributed by atoms with Gasteiger partial charge in [0.2, 0.25) is 5.91 Å². The highest BCUT2D eigenvalue weighted by Crippen LogP contribution is 2.35. The molecule has 0 aromatic heterocycles. The summed E-state index contributed by atoms with van der Waals surface area (Å²) in [5, 5.41) is 2.90. The second kappa shape index (κ2) is 9.83. The molecular weight excluding hydrogens is 404 g/mol. The van der Waals surface area contributed by atoms with Crippen molar-refractivity contribution >= 4 is 23.6 Å². The standard InChI is InChI=1S/C26H24N2O4/c1-31-21-13-11-20(12-14-21)17-24-26(30)28(22-9-5-6-10-23(22)32-24)18-25(29)27-16-15-19-7-3-2-4-8-19/h2-14,17H,15-16,18H2,1H3,(H,27,29)/b24-17-. The van der Waals surface area contributed by atoms with E-state index in [2.05, 4.69) is 5.32 Å². The number of methoxy groups -OCH3 is 1. The summed E-state index contributed by atoms with van der Waals surface area (Å²) in [6.45, 7) is 0.408. The number of anilines is 1. The molecule has 3 aromatic rings. The van der Waals surface area contributed by atoms with Crippen molar-refractivity contribution in [1.82, 2.24) is 5.32 Å². The topological polar surface area (TPSA) is 67.9 Å². The maximum atomic E-state index is 13.2. The molecule has 1 aliphatic rings. The molecule has 0 radical (unpaired) electrons. The van der Waals surface area contributed by atoms with E-state index >= 15 is 0 Å². The highest BCUT2D eigenvalue weighted by Gasteiger charge is 2.31. The van der Waals surface area contributed by atoms with Crippen LogP contribution in [0.25, 0.3) is 6.08 Å². The molecule has 6 heteroatoms. The van der Waals surface area contributed by atoms with Crippen LogP contribution in [0.3, 0.4) is 0 Å². The van der Waals surface area contributed by atoms with Crippen molar-refractivity contribution in [3.63, 3.8) is 0 Å². The van der Waals surface area contributed by atoms with Crippen LogP contribution in [0.15, 0.2) is 84.6 Å². The van der Waals surface area contributed by atoms with Crippen LogP contribution in [-0.2, 0) is 16.0 Å². The Morgan fingerprint density at radius 3 is 2.47 bits per heavy atom. The Kier molecular flexibility index (Phi) is 6.51. The Labute approximate surface area is 187 Å². The molecule has 0 aliphatic carbocycles. The average molecular weight is 428 g/mol. The van der Waals surface area contributed by atoms with Crippen molar-refractivity contribution in [2.75, 3.05) is 25.1 Å². The van der Waals surface area contributed by atoms with Gasteiger partial charge >= 0.3 is 0 Å². The number of ether oxygens (including phenoxy) is 2. The van der Waals surface area contributed by atoms with Crippen LogP contribution in [0.1, 0.15) is 11.1 Å². The third-order valence-corrected chi connectivity index (χ3v) is 5.13. The molecule has 0 unspecified atom stereocenters. The summed E-state index contributed by atoms with van der Waals surface area (Å²) in [4.78, 5) is 27.2. The molecule has 1 N–H and O–H groups in total. The van der Waals surface area contributed by atoms with Crippen molar-refractivity contribution in [2.45, 2.75) is 6.42 Å². The van der Waals surface area contributed by atoms with Crippen LogP contribution in [-0.4, -0.2) is 32.0 Å². The molecular formula is C26H24N2O4. The Hall–Kier alpha value is -4.06. The summed E-state index contributed by atoms with van der Waals surface area (Å²) >= 11 is 0. The number of hydrogen-bond donors (Lipinski definition) is 1. The molecule has 0 spiro atoms. The Balaban J connectivity index is 1.49. The first-order valence-electron chi connectivity index (χ1n) is 10.4. The van der Waals surface area contributed by atoms with E-state index in [0.717, 1.165) is 23.3 Å². The molecule has 1 aliphatic heterocycles. The van der Waals surface area contributed by atoms with Gasteiger partial charge in [0.15, 0.2) is 11.5 Å². The number of nitrogens with one attached hydrogen (secondary N) is 1. The maximum Gasteiger partial charge on any atom is 0.294 e. The van der Waals surface area contributed by atoms with Crippen LogP contribution in [0.5, 0.6) is 11.5 Å². The second-order valence-corrected chi connectivity index (χ2v) is 7.33. The van der Waals surface area contributed by atoms with Gasteiger partial charge in [0.25, 0.3) is 5.91 Å². The van der Waals surface area contributed by atoms with Gasteiger partial charge in [-0.3, -0.25) is 14.5 Å². The molecule has 162 valence electrons. The lowest BCUT2D eigenvalue weighted by atomic mass is 10.1. The zero-order chi connectivity index (χ0) is 22.3. The van der Waals surface area contributed by atoms with Gasteiger partial charge in [-0.2, -0.15) is 0 Å². The molecule has 3 aromatic carbocycles. The van der Waals surface area contributed by atoms with Crippen LogP contribution in [0, 0.1) is 0 Å². The van der Waals surface area contributed by atoms with Crippen LogP contribution in [0.4, 0.5) is 5.69 Å². The number of rotatable bonds is 7. The molecule has 0 atom stereocenters. The van der Waals surface area contributed by atoms with E-state index in [1.165, 1.54) is 4.90 Å². The largest absolute Gasteiger partial charge is 0.497 e. The minimum absolute atomic E-state index is 0.0893. The molecule has 0 saturated carbocycles. The molecule has 2 amide bonds. The normalized spacial score (nSPS) is 14.0. The maximum absolute atomic E-state index is 13.2. The monoisotopic (exact) mass is 428 g/mol. The van der Waals surface area contributed by atoms with Crippen LogP contribution in [0.2, 0.25) is 0 Å². The number of fused-ring (bicyclic) bond motifs is 1. The number of hydrogen-bond acceptors (Lipinski definition) is 4. The van der Waals surface area contributed by atoms with Crippen molar-refractivity contribution in [1.29, 1.82) is 0 Å². The minimum atomic E-state index is -0.363. The first kappa shape index (κ1) is 21.2. The zero-order valence-corrected chi connectivity index (χ0v) is 17.8. The summed E-state index contributed by atoms with van der Waals surface area (Å²) in [5.74, 6) is 0.824. The highest BCUT2D eigenvalue weighted by atomic mass is 16.5. The molecule has 6 nitrogen and oxygen atoms in total. The van der Waals surface area contributed by atoms with Gasteiger partial charge in [-0.15, -0.1) is 0 Å². The lowest BCUT2D eigenvalue weighted by molar-refractivity contribution is -0.123. The van der Waals surface area contributed by atoms with E-state index in [4.69, 9.17) is 9.47 Å². The number of amides is 2. The molecule has 4 rings (SSSR count). The number of para-hydroxylation sites is 2. The first-order chi connectivity index (χ1) is 15.6. The van der Waals surface area contributed by atoms with Crippen molar-refractivity contribution in [3.8, 4) is 11.5 Å². The van der Waals surface area contributed by atoms with E-state index in [-0.39, 0.29) is 24.1 Å². The summed E-state index contributed by atoms with van der Waals surface area (Å²) in [7, 11) is 1.60. The van der Waals surface area contributed by atoms with E-state index in [1.807, 2.05) is 66.7 Å². The lowest BCUT2D eigenvalue weighted by Crippen LogP contribution is -2.44. The fraction of sp³-hybridized carbons (Fsp3) is 0.154. The van der Waals surface area contributed by atoms with E-state index in [0.29, 0.717) is 18.0 Å². The van der Waals surface area contributed by atoms with Gasteiger partial charge in [0, 0.05) is 6.54 Å². The van der Waals surface area contributed by atoms with E-state index < -0.39 is 0 Å². The van der Waals surface area contributed by atoms with Crippen LogP contribution < -0.4 is 19.7 Å². The summed E-state index contributed by atoms with van der Waals surface area (Å²) in [6.07, 6.45) is 2.39. The third kappa shape index (κ3) is 4.98. The predicted octanol–water partition coefficient (Wildman–Crippen LogP) is 3.82. The Morgan fingerprint density at radius 1 is 1.00 bits per heavy atom. The SMILES string of the molecule is COc1ccc(/C=C2\Oc3ccccc3N(CC(=O)NCCc3ccccc3)C2=O)cc1. The third-order valence-electron chi connectivity index (χ3n) is 5.13. The van der Waals surface area contributed by atoms with Crippen molar-refractivity contribution in [2.24, 2.45) is 0 Å².